The van der Waals surface area contributed by atoms with Crippen LogP contribution in [0.5, 0.6) is 0 Å². The van der Waals surface area contributed by atoms with Gasteiger partial charge in [-0.25, -0.2) is 0 Å². The molecule has 1 saturated heterocycles. The molecule has 0 bridgehead atoms. The first-order valence-electron chi connectivity index (χ1n) is 6.25. The number of nitrogen functional groups attached to an aromatic ring is 1. The summed E-state index contributed by atoms with van der Waals surface area (Å²) in [6.07, 6.45) is 0. The summed E-state index contributed by atoms with van der Waals surface area (Å²) in [6.45, 7) is 5.20. The minimum absolute atomic E-state index is 0.411. The Morgan fingerprint density at radius 2 is 2.22 bits per heavy atom. The Bertz CT molecular complexity index is 565. The number of oxazole rings is 1. The smallest absolute Gasteiger partial charge is 0.298 e. The number of aromatic nitrogens is 1. The second-order valence-corrected chi connectivity index (χ2v) is 5.03. The van der Waals surface area contributed by atoms with E-state index in [2.05, 4.69) is 28.8 Å². The molecule has 0 saturated carbocycles. The molecule has 0 spiro atoms. The molecule has 1 aliphatic rings. The highest BCUT2D eigenvalue weighted by atomic mass is 16.4. The van der Waals surface area contributed by atoms with Gasteiger partial charge in [0.2, 0.25) is 0 Å². The molecule has 0 radical (unpaired) electrons. The molecule has 1 aromatic carbocycles. The van der Waals surface area contributed by atoms with Gasteiger partial charge in [-0.3, -0.25) is 0 Å². The maximum Gasteiger partial charge on any atom is 0.298 e. The van der Waals surface area contributed by atoms with Gasteiger partial charge in [0.1, 0.15) is 5.52 Å². The van der Waals surface area contributed by atoms with Gasteiger partial charge in [0.05, 0.1) is 0 Å². The molecule has 1 fully saturated rings. The normalized spacial score (nSPS) is 21.7. The third-order valence-corrected chi connectivity index (χ3v) is 3.48. The van der Waals surface area contributed by atoms with Crippen LogP contribution < -0.4 is 10.6 Å². The number of fused-ring (bicyclic) bond motifs is 1. The number of hydrogen-bond donors (Lipinski definition) is 1. The lowest BCUT2D eigenvalue weighted by Gasteiger charge is -2.37. The summed E-state index contributed by atoms with van der Waals surface area (Å²) >= 11 is 0. The molecule has 2 aromatic rings. The van der Waals surface area contributed by atoms with Gasteiger partial charge in [-0.05, 0) is 26.1 Å². The van der Waals surface area contributed by atoms with E-state index < -0.39 is 0 Å². The Morgan fingerprint density at radius 3 is 3.00 bits per heavy atom. The molecule has 0 amide bonds. The monoisotopic (exact) mass is 246 g/mol. The van der Waals surface area contributed by atoms with Crippen LogP contribution in [0.1, 0.15) is 6.92 Å². The number of likely N-dealkylation sites (N-methyl/N-ethyl adjacent to an activating group) is 1. The fourth-order valence-electron chi connectivity index (χ4n) is 2.48. The molecular formula is C13H18N4O. The van der Waals surface area contributed by atoms with Crippen molar-refractivity contribution in [1.82, 2.24) is 9.88 Å². The van der Waals surface area contributed by atoms with Crippen molar-refractivity contribution in [3.63, 3.8) is 0 Å². The topological polar surface area (TPSA) is 58.5 Å². The molecule has 1 unspecified atom stereocenters. The SMILES string of the molecule is CC1CN(C)CCN1c1nc2ccc(N)cc2o1. The maximum absolute atomic E-state index is 5.81. The molecule has 0 aliphatic carbocycles. The Labute approximate surface area is 106 Å². The minimum Gasteiger partial charge on any atom is -0.423 e. The van der Waals surface area contributed by atoms with E-state index in [1.54, 1.807) is 0 Å². The third-order valence-electron chi connectivity index (χ3n) is 3.48. The Kier molecular flexibility index (Phi) is 2.63. The van der Waals surface area contributed by atoms with Crippen LogP contribution in [0, 0.1) is 0 Å². The summed E-state index contributed by atoms with van der Waals surface area (Å²) in [7, 11) is 2.14. The summed E-state index contributed by atoms with van der Waals surface area (Å²) in [5.74, 6) is 0. The van der Waals surface area contributed by atoms with Gasteiger partial charge >= 0.3 is 0 Å². The van der Waals surface area contributed by atoms with E-state index in [9.17, 15) is 0 Å². The molecule has 2 heterocycles. The summed E-state index contributed by atoms with van der Waals surface area (Å²) < 4.78 is 5.81. The van der Waals surface area contributed by atoms with Gasteiger partial charge < -0.3 is 20.0 Å². The first-order valence-corrected chi connectivity index (χ1v) is 6.25. The standard InChI is InChI=1S/C13H18N4O/c1-9-8-16(2)5-6-17(9)13-15-11-4-3-10(14)7-12(11)18-13/h3-4,7,9H,5-6,8,14H2,1-2H3. The van der Waals surface area contributed by atoms with Gasteiger partial charge in [0.15, 0.2) is 5.58 Å². The molecular weight excluding hydrogens is 228 g/mol. The van der Waals surface area contributed by atoms with Crippen LogP contribution >= 0.6 is 0 Å². The number of nitrogens with two attached hydrogens (primary N) is 1. The third kappa shape index (κ3) is 1.90. The molecule has 5 nitrogen and oxygen atoms in total. The van der Waals surface area contributed by atoms with E-state index in [-0.39, 0.29) is 0 Å². The summed E-state index contributed by atoms with van der Waals surface area (Å²) in [6, 6.07) is 6.69. The predicted molar refractivity (Wildman–Crippen MR) is 72.7 cm³/mol. The zero-order valence-electron chi connectivity index (χ0n) is 10.8. The van der Waals surface area contributed by atoms with E-state index in [4.69, 9.17) is 10.2 Å². The number of rotatable bonds is 1. The quantitative estimate of drug-likeness (QED) is 0.774. The lowest BCUT2D eigenvalue weighted by Crippen LogP contribution is -2.50. The highest BCUT2D eigenvalue weighted by Gasteiger charge is 2.25. The van der Waals surface area contributed by atoms with Gasteiger partial charge in [0, 0.05) is 37.4 Å². The predicted octanol–water partition coefficient (Wildman–Crippen LogP) is 1.55. The number of benzene rings is 1. The second-order valence-electron chi connectivity index (χ2n) is 5.03. The van der Waals surface area contributed by atoms with Crippen LogP contribution in [-0.2, 0) is 0 Å². The zero-order valence-corrected chi connectivity index (χ0v) is 10.8. The lowest BCUT2D eigenvalue weighted by atomic mass is 10.2. The molecule has 1 aromatic heterocycles. The fourth-order valence-corrected chi connectivity index (χ4v) is 2.48. The van der Waals surface area contributed by atoms with Crippen LogP contribution in [0.2, 0.25) is 0 Å². The van der Waals surface area contributed by atoms with E-state index in [0.717, 1.165) is 30.7 Å². The van der Waals surface area contributed by atoms with E-state index >= 15 is 0 Å². The molecule has 3 rings (SSSR count). The molecule has 96 valence electrons. The van der Waals surface area contributed by atoms with Crippen LogP contribution in [0.3, 0.4) is 0 Å². The van der Waals surface area contributed by atoms with Gasteiger partial charge in [0.25, 0.3) is 6.01 Å². The number of nitrogens with zero attached hydrogens (tertiary/aromatic N) is 3. The second kappa shape index (κ2) is 4.17. The first kappa shape index (κ1) is 11.3. The Balaban J connectivity index is 1.94. The Hall–Kier alpha value is -1.75. The average molecular weight is 246 g/mol. The number of anilines is 2. The zero-order chi connectivity index (χ0) is 12.7. The van der Waals surface area contributed by atoms with Gasteiger partial charge in [-0.15, -0.1) is 0 Å². The van der Waals surface area contributed by atoms with Crippen LogP contribution in [0.25, 0.3) is 11.1 Å². The van der Waals surface area contributed by atoms with Crippen LogP contribution in [-0.4, -0.2) is 42.6 Å². The summed E-state index contributed by atoms with van der Waals surface area (Å²) in [5, 5.41) is 0. The van der Waals surface area contributed by atoms with E-state index in [1.807, 2.05) is 18.2 Å². The van der Waals surface area contributed by atoms with Crippen molar-refractivity contribution in [3.05, 3.63) is 18.2 Å². The number of piperazine rings is 1. The van der Waals surface area contributed by atoms with Crippen LogP contribution in [0.15, 0.2) is 22.6 Å². The van der Waals surface area contributed by atoms with Gasteiger partial charge in [-0.2, -0.15) is 4.98 Å². The van der Waals surface area contributed by atoms with Crippen molar-refractivity contribution >= 4 is 22.8 Å². The highest BCUT2D eigenvalue weighted by Crippen LogP contribution is 2.26. The van der Waals surface area contributed by atoms with Crippen molar-refractivity contribution < 1.29 is 4.42 Å². The van der Waals surface area contributed by atoms with Gasteiger partial charge in [-0.1, -0.05) is 0 Å². The molecule has 5 heteroatoms. The van der Waals surface area contributed by atoms with Crippen molar-refractivity contribution in [3.8, 4) is 0 Å². The largest absolute Gasteiger partial charge is 0.423 e. The maximum atomic E-state index is 5.81. The first-order chi connectivity index (χ1) is 8.63. The molecule has 1 atom stereocenters. The van der Waals surface area contributed by atoms with E-state index in [0.29, 0.717) is 17.7 Å². The molecule has 1 aliphatic heterocycles. The van der Waals surface area contributed by atoms with Crippen molar-refractivity contribution in [2.75, 3.05) is 37.3 Å². The average Bonchev–Trinajstić information content (AvgIpc) is 2.71. The molecule has 18 heavy (non-hydrogen) atoms. The summed E-state index contributed by atoms with van der Waals surface area (Å²) in [5.41, 5.74) is 8.08. The minimum atomic E-state index is 0.411. The number of hydrogen-bond acceptors (Lipinski definition) is 5. The van der Waals surface area contributed by atoms with Crippen LogP contribution in [0.4, 0.5) is 11.7 Å². The lowest BCUT2D eigenvalue weighted by molar-refractivity contribution is 0.268. The van der Waals surface area contributed by atoms with E-state index in [1.165, 1.54) is 0 Å². The van der Waals surface area contributed by atoms with Crippen molar-refractivity contribution in [2.45, 2.75) is 13.0 Å². The highest BCUT2D eigenvalue weighted by molar-refractivity contribution is 5.78. The van der Waals surface area contributed by atoms with Crippen molar-refractivity contribution in [1.29, 1.82) is 0 Å². The van der Waals surface area contributed by atoms with Crippen molar-refractivity contribution in [2.24, 2.45) is 0 Å². The molecule has 2 N–H and O–H groups in total. The summed E-state index contributed by atoms with van der Waals surface area (Å²) in [4.78, 5) is 9.08. The fraction of sp³-hybridized carbons (Fsp3) is 0.462. The Morgan fingerprint density at radius 1 is 1.39 bits per heavy atom.